The molecule has 4 nitrogen and oxygen atoms in total. The zero-order chi connectivity index (χ0) is 12.2. The standard InChI is InChI=1S/C14H10N4.Ni/c1-3-9-15-11(5-1)13-7-8-14(18-17-13)12-6-2-4-10-16-12;/h1-10H;. The molecule has 0 bridgehead atoms. The molecule has 0 saturated carbocycles. The molecule has 3 rings (SSSR count). The van der Waals surface area contributed by atoms with E-state index < -0.39 is 0 Å². The van der Waals surface area contributed by atoms with Crippen LogP contribution >= 0.6 is 0 Å². The van der Waals surface area contributed by atoms with Gasteiger partial charge in [-0.05, 0) is 36.4 Å². The fourth-order valence-corrected chi connectivity index (χ4v) is 1.63. The second-order valence-electron chi connectivity index (χ2n) is 3.73. The van der Waals surface area contributed by atoms with Gasteiger partial charge < -0.3 is 0 Å². The number of hydrogen-bond donors (Lipinski definition) is 0. The quantitative estimate of drug-likeness (QED) is 0.681. The topological polar surface area (TPSA) is 51.6 Å². The summed E-state index contributed by atoms with van der Waals surface area (Å²) in [6, 6.07) is 15.2. The molecule has 0 atom stereocenters. The molecule has 0 N–H and O–H groups in total. The van der Waals surface area contributed by atoms with E-state index in [9.17, 15) is 0 Å². The number of aromatic nitrogens is 4. The third-order valence-corrected chi connectivity index (χ3v) is 2.52. The Morgan fingerprint density at radius 1 is 0.526 bits per heavy atom. The summed E-state index contributed by atoms with van der Waals surface area (Å²) < 4.78 is 0. The van der Waals surface area contributed by atoms with Crippen molar-refractivity contribution < 1.29 is 16.5 Å². The van der Waals surface area contributed by atoms with Gasteiger partial charge in [0.15, 0.2) is 0 Å². The van der Waals surface area contributed by atoms with E-state index in [1.54, 1.807) is 12.4 Å². The molecule has 19 heavy (non-hydrogen) atoms. The Labute approximate surface area is 120 Å². The number of nitrogens with zero attached hydrogens (tertiary/aromatic N) is 4. The van der Waals surface area contributed by atoms with Crippen molar-refractivity contribution in [3.05, 3.63) is 60.9 Å². The zero-order valence-corrected chi connectivity index (χ0v) is 10.9. The van der Waals surface area contributed by atoms with E-state index in [2.05, 4.69) is 20.2 Å². The molecular formula is C14H10N4Ni. The smallest absolute Gasteiger partial charge is 0.111 e. The van der Waals surface area contributed by atoms with Crippen LogP contribution in [0.25, 0.3) is 22.8 Å². The molecule has 0 aliphatic heterocycles. The summed E-state index contributed by atoms with van der Waals surface area (Å²) in [7, 11) is 0. The molecule has 0 radical (unpaired) electrons. The Hall–Kier alpha value is -2.13. The second-order valence-corrected chi connectivity index (χ2v) is 3.73. The Kier molecular flexibility index (Phi) is 4.32. The third-order valence-electron chi connectivity index (χ3n) is 2.52. The van der Waals surface area contributed by atoms with Gasteiger partial charge in [0, 0.05) is 28.9 Å². The first-order valence-corrected chi connectivity index (χ1v) is 5.60. The molecule has 3 heterocycles. The first-order valence-electron chi connectivity index (χ1n) is 5.60. The first kappa shape index (κ1) is 13.3. The molecule has 0 aliphatic carbocycles. The van der Waals surface area contributed by atoms with Crippen LogP contribution in [0.1, 0.15) is 0 Å². The SMILES string of the molecule is [Ni].c1ccc(-c2ccc(-c3ccccn3)nn2)nc1. The van der Waals surface area contributed by atoms with Gasteiger partial charge in [0.05, 0.1) is 11.4 Å². The van der Waals surface area contributed by atoms with Crippen molar-refractivity contribution in [2.45, 2.75) is 0 Å². The molecule has 0 amide bonds. The molecule has 0 fully saturated rings. The predicted molar refractivity (Wildman–Crippen MR) is 68.5 cm³/mol. The second kappa shape index (κ2) is 6.16. The van der Waals surface area contributed by atoms with Crippen LogP contribution in [0.3, 0.4) is 0 Å². The average Bonchev–Trinajstić information content (AvgIpc) is 2.49. The van der Waals surface area contributed by atoms with E-state index >= 15 is 0 Å². The average molecular weight is 293 g/mol. The molecule has 3 aromatic rings. The van der Waals surface area contributed by atoms with E-state index in [1.807, 2.05) is 48.5 Å². The predicted octanol–water partition coefficient (Wildman–Crippen LogP) is 2.60. The molecule has 0 saturated heterocycles. The van der Waals surface area contributed by atoms with Crippen LogP contribution < -0.4 is 0 Å². The van der Waals surface area contributed by atoms with Gasteiger partial charge in [-0.15, -0.1) is 10.2 Å². The van der Waals surface area contributed by atoms with E-state index in [-0.39, 0.29) is 16.5 Å². The van der Waals surface area contributed by atoms with E-state index in [0.29, 0.717) is 0 Å². The summed E-state index contributed by atoms with van der Waals surface area (Å²) in [6.07, 6.45) is 3.48. The molecular weight excluding hydrogens is 283 g/mol. The van der Waals surface area contributed by atoms with Gasteiger partial charge in [-0.2, -0.15) is 0 Å². The summed E-state index contributed by atoms with van der Waals surface area (Å²) in [5, 5.41) is 8.35. The minimum Gasteiger partial charge on any atom is -0.255 e. The summed E-state index contributed by atoms with van der Waals surface area (Å²) >= 11 is 0. The van der Waals surface area contributed by atoms with Crippen molar-refractivity contribution in [2.24, 2.45) is 0 Å². The van der Waals surface area contributed by atoms with Crippen LogP contribution in [0, 0.1) is 0 Å². The van der Waals surface area contributed by atoms with Gasteiger partial charge in [-0.25, -0.2) is 0 Å². The summed E-state index contributed by atoms with van der Waals surface area (Å²) in [5.41, 5.74) is 3.15. The van der Waals surface area contributed by atoms with Gasteiger partial charge in [-0.3, -0.25) is 9.97 Å². The van der Waals surface area contributed by atoms with Crippen LogP contribution in [-0.2, 0) is 16.5 Å². The fraction of sp³-hybridized carbons (Fsp3) is 0. The summed E-state index contributed by atoms with van der Waals surface area (Å²) in [6.45, 7) is 0. The maximum atomic E-state index is 4.23. The van der Waals surface area contributed by atoms with Crippen molar-refractivity contribution in [3.63, 3.8) is 0 Å². The summed E-state index contributed by atoms with van der Waals surface area (Å²) in [5.74, 6) is 0. The van der Waals surface area contributed by atoms with Crippen molar-refractivity contribution >= 4 is 0 Å². The summed E-state index contributed by atoms with van der Waals surface area (Å²) in [4.78, 5) is 8.47. The van der Waals surface area contributed by atoms with Crippen molar-refractivity contribution in [1.82, 2.24) is 20.2 Å². The molecule has 96 valence electrons. The number of pyridine rings is 2. The molecule has 0 spiro atoms. The van der Waals surface area contributed by atoms with Gasteiger partial charge >= 0.3 is 0 Å². The Morgan fingerprint density at radius 3 is 1.32 bits per heavy atom. The molecule has 0 aliphatic rings. The molecule has 0 unspecified atom stereocenters. The van der Waals surface area contributed by atoms with E-state index in [1.165, 1.54) is 0 Å². The van der Waals surface area contributed by atoms with Crippen LogP contribution in [0.15, 0.2) is 60.9 Å². The third kappa shape index (κ3) is 3.01. The minimum atomic E-state index is 0. The maximum absolute atomic E-state index is 4.23. The Bertz CT molecular complexity index is 568. The Morgan fingerprint density at radius 2 is 1.00 bits per heavy atom. The normalized spacial score (nSPS) is 9.68. The molecule has 3 aromatic heterocycles. The molecule has 0 aromatic carbocycles. The van der Waals surface area contributed by atoms with E-state index in [0.717, 1.165) is 22.8 Å². The molecule has 5 heteroatoms. The largest absolute Gasteiger partial charge is 0.255 e. The van der Waals surface area contributed by atoms with Crippen LogP contribution in [0.4, 0.5) is 0 Å². The van der Waals surface area contributed by atoms with Crippen LogP contribution in [0.2, 0.25) is 0 Å². The zero-order valence-electron chi connectivity index (χ0n) is 9.88. The number of hydrogen-bond acceptors (Lipinski definition) is 4. The maximum Gasteiger partial charge on any atom is 0.111 e. The first-order chi connectivity index (χ1) is 8.93. The van der Waals surface area contributed by atoms with Gasteiger partial charge in [0.1, 0.15) is 11.4 Å². The van der Waals surface area contributed by atoms with Crippen molar-refractivity contribution in [2.75, 3.05) is 0 Å². The van der Waals surface area contributed by atoms with Gasteiger partial charge in [0.25, 0.3) is 0 Å². The Balaban J connectivity index is 0.00000133. The monoisotopic (exact) mass is 292 g/mol. The van der Waals surface area contributed by atoms with Gasteiger partial charge in [-0.1, -0.05) is 12.1 Å². The van der Waals surface area contributed by atoms with Crippen LogP contribution in [0.5, 0.6) is 0 Å². The van der Waals surface area contributed by atoms with Crippen molar-refractivity contribution in [1.29, 1.82) is 0 Å². The number of rotatable bonds is 2. The van der Waals surface area contributed by atoms with Crippen molar-refractivity contribution in [3.8, 4) is 22.8 Å². The fourth-order valence-electron chi connectivity index (χ4n) is 1.63. The van der Waals surface area contributed by atoms with E-state index in [4.69, 9.17) is 0 Å². The van der Waals surface area contributed by atoms with Gasteiger partial charge in [0.2, 0.25) is 0 Å². The minimum absolute atomic E-state index is 0. The van der Waals surface area contributed by atoms with Crippen LogP contribution in [-0.4, -0.2) is 20.2 Å².